The van der Waals surface area contributed by atoms with Gasteiger partial charge in [-0.2, -0.15) is 0 Å². The molecule has 2 heteroatoms. The largest absolute Gasteiger partial charge is 0.378 e. The lowest BCUT2D eigenvalue weighted by Crippen LogP contribution is -2.24. The third-order valence-electron chi connectivity index (χ3n) is 2.58. The molecule has 0 spiro atoms. The Bertz CT molecular complexity index is 145. The maximum Gasteiger partial charge on any atom is 0.0547 e. The van der Waals surface area contributed by atoms with Gasteiger partial charge in [0.15, 0.2) is 0 Å². The molecule has 0 aromatic heterocycles. The van der Waals surface area contributed by atoms with Crippen molar-refractivity contribution in [1.82, 2.24) is 0 Å². The topological polar surface area (TPSA) is 9.23 Å². The van der Waals surface area contributed by atoms with Crippen LogP contribution in [0.5, 0.6) is 0 Å². The molecule has 1 nitrogen and oxygen atoms in total. The number of unbranched alkanes of at least 4 members (excludes halogenated alkanes) is 3. The minimum Gasteiger partial charge on any atom is -0.378 e. The average molecular weight is 279 g/mol. The predicted molar refractivity (Wildman–Crippen MR) is 71.7 cm³/mol. The van der Waals surface area contributed by atoms with E-state index in [0.29, 0.717) is 6.10 Å². The average Bonchev–Trinajstić information content (AvgIpc) is 2.22. The van der Waals surface area contributed by atoms with Crippen molar-refractivity contribution in [2.24, 2.45) is 5.41 Å². The predicted octanol–water partition coefficient (Wildman–Crippen LogP) is 4.78. The molecule has 0 amide bonds. The summed E-state index contributed by atoms with van der Waals surface area (Å²) in [6, 6.07) is 0. The van der Waals surface area contributed by atoms with Gasteiger partial charge in [-0.25, -0.2) is 0 Å². The third kappa shape index (κ3) is 9.37. The maximum atomic E-state index is 5.85. The van der Waals surface area contributed by atoms with Crippen molar-refractivity contribution >= 4 is 15.9 Å². The first-order valence-corrected chi connectivity index (χ1v) is 7.31. The summed E-state index contributed by atoms with van der Waals surface area (Å²) in [6.07, 6.45) is 6.96. The smallest absolute Gasteiger partial charge is 0.0547 e. The molecule has 0 aliphatic carbocycles. The fourth-order valence-corrected chi connectivity index (χ4v) is 1.51. The highest BCUT2D eigenvalue weighted by molar-refractivity contribution is 9.09. The summed E-state index contributed by atoms with van der Waals surface area (Å²) in [7, 11) is 0. The van der Waals surface area contributed by atoms with E-state index >= 15 is 0 Å². The van der Waals surface area contributed by atoms with Gasteiger partial charge in [-0.05, 0) is 18.8 Å². The van der Waals surface area contributed by atoms with Crippen molar-refractivity contribution in [3.63, 3.8) is 0 Å². The van der Waals surface area contributed by atoms with Crippen LogP contribution in [0.4, 0.5) is 0 Å². The summed E-state index contributed by atoms with van der Waals surface area (Å²) in [6.45, 7) is 9.75. The molecule has 0 heterocycles. The SMILES string of the molecule is CCCCCCC(C)OCC(C)(C)CBr. The van der Waals surface area contributed by atoms with Crippen LogP contribution in [-0.4, -0.2) is 18.0 Å². The van der Waals surface area contributed by atoms with Crippen molar-refractivity contribution in [3.05, 3.63) is 0 Å². The molecule has 1 unspecified atom stereocenters. The van der Waals surface area contributed by atoms with Gasteiger partial charge in [-0.3, -0.25) is 0 Å². The van der Waals surface area contributed by atoms with Gasteiger partial charge in [0.2, 0.25) is 0 Å². The van der Waals surface area contributed by atoms with Crippen LogP contribution in [0, 0.1) is 5.41 Å². The number of hydrogen-bond donors (Lipinski definition) is 0. The van der Waals surface area contributed by atoms with Crippen molar-refractivity contribution in [2.75, 3.05) is 11.9 Å². The molecule has 0 N–H and O–H groups in total. The van der Waals surface area contributed by atoms with E-state index in [-0.39, 0.29) is 5.41 Å². The molecule has 0 saturated heterocycles. The van der Waals surface area contributed by atoms with Crippen molar-refractivity contribution < 1.29 is 4.74 Å². The summed E-state index contributed by atoms with van der Waals surface area (Å²) in [5.74, 6) is 0. The first kappa shape index (κ1) is 15.4. The van der Waals surface area contributed by atoms with E-state index in [1.807, 2.05) is 0 Å². The number of halogens is 1. The summed E-state index contributed by atoms with van der Waals surface area (Å²) in [4.78, 5) is 0. The zero-order valence-electron chi connectivity index (χ0n) is 10.8. The van der Waals surface area contributed by atoms with E-state index in [2.05, 4.69) is 43.6 Å². The van der Waals surface area contributed by atoms with E-state index in [9.17, 15) is 0 Å². The van der Waals surface area contributed by atoms with Gasteiger partial charge in [0.05, 0.1) is 12.7 Å². The Morgan fingerprint density at radius 3 is 2.40 bits per heavy atom. The van der Waals surface area contributed by atoms with Gasteiger partial charge in [0.1, 0.15) is 0 Å². The normalized spacial score (nSPS) is 14.2. The minimum atomic E-state index is 0.262. The third-order valence-corrected chi connectivity index (χ3v) is 4.10. The first-order valence-electron chi connectivity index (χ1n) is 6.19. The van der Waals surface area contributed by atoms with E-state index < -0.39 is 0 Å². The van der Waals surface area contributed by atoms with Gasteiger partial charge in [-0.15, -0.1) is 0 Å². The van der Waals surface area contributed by atoms with Gasteiger partial charge >= 0.3 is 0 Å². The Kier molecular flexibility index (Phi) is 8.83. The molecular formula is C13H27BrO. The molecule has 15 heavy (non-hydrogen) atoms. The lowest BCUT2D eigenvalue weighted by molar-refractivity contribution is 0.0152. The number of hydrogen-bond acceptors (Lipinski definition) is 1. The van der Waals surface area contributed by atoms with Crippen molar-refractivity contribution in [2.45, 2.75) is 65.9 Å². The van der Waals surface area contributed by atoms with Crippen LogP contribution in [-0.2, 0) is 4.74 Å². The molecule has 0 radical (unpaired) electrons. The molecule has 0 aliphatic heterocycles. The fourth-order valence-electron chi connectivity index (χ4n) is 1.35. The maximum absolute atomic E-state index is 5.85. The quantitative estimate of drug-likeness (QED) is 0.436. The van der Waals surface area contributed by atoms with E-state index in [0.717, 1.165) is 11.9 Å². The molecular weight excluding hydrogens is 252 g/mol. The van der Waals surface area contributed by atoms with Crippen LogP contribution in [0.15, 0.2) is 0 Å². The molecule has 0 aromatic rings. The highest BCUT2D eigenvalue weighted by Gasteiger charge is 2.17. The van der Waals surface area contributed by atoms with Crippen LogP contribution >= 0.6 is 15.9 Å². The van der Waals surface area contributed by atoms with Gasteiger partial charge < -0.3 is 4.74 Å². The van der Waals surface area contributed by atoms with Crippen LogP contribution in [0.1, 0.15) is 59.8 Å². The zero-order valence-corrected chi connectivity index (χ0v) is 12.4. The second kappa shape index (κ2) is 8.58. The van der Waals surface area contributed by atoms with Crippen molar-refractivity contribution in [1.29, 1.82) is 0 Å². The second-order valence-corrected chi connectivity index (χ2v) is 5.83. The van der Waals surface area contributed by atoms with E-state index in [4.69, 9.17) is 4.74 Å². The van der Waals surface area contributed by atoms with Crippen LogP contribution < -0.4 is 0 Å². The van der Waals surface area contributed by atoms with E-state index in [1.165, 1.54) is 32.1 Å². The number of alkyl halides is 1. The summed E-state index contributed by atoms with van der Waals surface area (Å²) < 4.78 is 5.85. The van der Waals surface area contributed by atoms with Crippen LogP contribution in [0.25, 0.3) is 0 Å². The summed E-state index contributed by atoms with van der Waals surface area (Å²) in [5, 5.41) is 1.00. The number of ether oxygens (including phenoxy) is 1. The molecule has 0 aliphatic rings. The Labute approximate surface area is 104 Å². The van der Waals surface area contributed by atoms with Crippen molar-refractivity contribution in [3.8, 4) is 0 Å². The second-order valence-electron chi connectivity index (χ2n) is 5.27. The van der Waals surface area contributed by atoms with Gasteiger partial charge in [-0.1, -0.05) is 62.4 Å². The standard InChI is InChI=1S/C13H27BrO/c1-5-6-7-8-9-12(2)15-11-13(3,4)10-14/h12H,5-11H2,1-4H3. The Morgan fingerprint density at radius 2 is 1.87 bits per heavy atom. The molecule has 0 bridgehead atoms. The number of rotatable bonds is 9. The lowest BCUT2D eigenvalue weighted by atomic mass is 9.98. The van der Waals surface area contributed by atoms with Gasteiger partial charge in [0, 0.05) is 5.33 Å². The Morgan fingerprint density at radius 1 is 1.20 bits per heavy atom. The first-order chi connectivity index (χ1) is 7.02. The zero-order chi connectivity index (χ0) is 11.7. The van der Waals surface area contributed by atoms with Crippen LogP contribution in [0.3, 0.4) is 0 Å². The fraction of sp³-hybridized carbons (Fsp3) is 1.00. The van der Waals surface area contributed by atoms with Crippen LogP contribution in [0.2, 0.25) is 0 Å². The monoisotopic (exact) mass is 278 g/mol. The minimum absolute atomic E-state index is 0.262. The molecule has 1 atom stereocenters. The van der Waals surface area contributed by atoms with E-state index in [1.54, 1.807) is 0 Å². The van der Waals surface area contributed by atoms with Gasteiger partial charge in [0.25, 0.3) is 0 Å². The Hall–Kier alpha value is 0.440. The summed E-state index contributed by atoms with van der Waals surface area (Å²) in [5.41, 5.74) is 0.262. The molecule has 0 saturated carbocycles. The molecule has 0 rings (SSSR count). The molecule has 0 aromatic carbocycles. The highest BCUT2D eigenvalue weighted by atomic mass is 79.9. The molecule has 92 valence electrons. The summed E-state index contributed by atoms with van der Waals surface area (Å²) >= 11 is 3.51. The molecule has 0 fully saturated rings. The lowest BCUT2D eigenvalue weighted by Gasteiger charge is -2.24. The highest BCUT2D eigenvalue weighted by Crippen LogP contribution is 2.20. The Balaban J connectivity index is 3.44.